The largest absolute Gasteiger partial charge is 0.393 e. The lowest BCUT2D eigenvalue weighted by Crippen LogP contribution is -2.44. The van der Waals surface area contributed by atoms with Gasteiger partial charge >= 0.3 is 0 Å². The van der Waals surface area contributed by atoms with Crippen LogP contribution in [0, 0.1) is 0 Å². The Morgan fingerprint density at radius 1 is 1.53 bits per heavy atom. The lowest BCUT2D eigenvalue weighted by Gasteiger charge is -2.39. The second kappa shape index (κ2) is 3.77. The third-order valence-corrected chi connectivity index (χ3v) is 2.83. The van der Waals surface area contributed by atoms with Crippen LogP contribution in [0.5, 0.6) is 0 Å². The van der Waals surface area contributed by atoms with Crippen molar-refractivity contribution in [3.63, 3.8) is 0 Å². The van der Waals surface area contributed by atoms with Gasteiger partial charge in [-0.05, 0) is 34.3 Å². The minimum Gasteiger partial charge on any atom is -0.393 e. The van der Waals surface area contributed by atoms with Crippen LogP contribution >= 0.6 is 15.9 Å². The van der Waals surface area contributed by atoms with E-state index in [0.717, 1.165) is 4.47 Å². The van der Waals surface area contributed by atoms with Gasteiger partial charge in [0, 0.05) is 17.3 Å². The number of halogens is 1. The van der Waals surface area contributed by atoms with Gasteiger partial charge in [0.05, 0.1) is 10.6 Å². The normalized spacial score (nSPS) is 29.1. The highest BCUT2D eigenvalue weighted by Gasteiger charge is 2.46. The van der Waals surface area contributed by atoms with E-state index in [1.807, 2.05) is 0 Å². The van der Waals surface area contributed by atoms with E-state index in [1.54, 1.807) is 12.4 Å². The van der Waals surface area contributed by atoms with Gasteiger partial charge < -0.3 is 5.11 Å². The quantitative estimate of drug-likeness (QED) is 0.505. The van der Waals surface area contributed by atoms with E-state index < -0.39 is 11.6 Å². The van der Waals surface area contributed by atoms with Crippen molar-refractivity contribution >= 4 is 15.9 Å². The van der Waals surface area contributed by atoms with E-state index in [-0.39, 0.29) is 0 Å². The average molecular weight is 270 g/mol. The maximum atomic E-state index is 9.28. The summed E-state index contributed by atoms with van der Waals surface area (Å²) in [6.07, 6.45) is 3.54. The first kappa shape index (κ1) is 10.4. The molecule has 7 heteroatoms. The molecule has 0 radical (unpaired) electrons. The summed E-state index contributed by atoms with van der Waals surface area (Å²) >= 11 is 3.23. The Labute approximate surface area is 94.1 Å². The first-order valence-corrected chi connectivity index (χ1v) is 5.18. The van der Waals surface area contributed by atoms with Gasteiger partial charge in [0.2, 0.25) is 0 Å². The Kier molecular flexibility index (Phi) is 2.60. The highest BCUT2D eigenvalue weighted by molar-refractivity contribution is 9.10. The second-order valence-electron chi connectivity index (χ2n) is 3.51. The van der Waals surface area contributed by atoms with Gasteiger partial charge in [0.25, 0.3) is 0 Å². The first-order chi connectivity index (χ1) is 7.16. The molecule has 0 bridgehead atoms. The molecule has 0 amide bonds. The summed E-state index contributed by atoms with van der Waals surface area (Å²) in [5.74, 6) is 0.466. The zero-order valence-corrected chi connectivity index (χ0v) is 9.29. The minimum absolute atomic E-state index is 0.388. The van der Waals surface area contributed by atoms with E-state index in [0.29, 0.717) is 18.7 Å². The summed E-state index contributed by atoms with van der Waals surface area (Å²) in [5, 5.41) is 13.0. The van der Waals surface area contributed by atoms with Crippen LogP contribution in [0.4, 0.5) is 0 Å². The van der Waals surface area contributed by atoms with Crippen molar-refractivity contribution < 1.29 is 5.11 Å². The molecule has 78 valence electrons. The topological polar surface area (TPSA) is 94.8 Å². The molecular formula is C8H8BrN5O. The molecule has 0 spiro atoms. The van der Waals surface area contributed by atoms with E-state index in [9.17, 15) is 5.11 Å². The van der Waals surface area contributed by atoms with Crippen LogP contribution in [0.1, 0.15) is 18.7 Å². The molecule has 0 aromatic carbocycles. The van der Waals surface area contributed by atoms with Crippen molar-refractivity contribution in [1.82, 2.24) is 9.97 Å². The Morgan fingerprint density at radius 2 is 2.13 bits per heavy atom. The number of aliphatic hydroxyl groups is 1. The summed E-state index contributed by atoms with van der Waals surface area (Å²) in [5.41, 5.74) is 7.73. The summed E-state index contributed by atoms with van der Waals surface area (Å²) < 4.78 is 0.766. The molecule has 2 rings (SSSR count). The Bertz CT molecular complexity index is 408. The SMILES string of the molecule is [N-]=[N+]=NC1(c2ncc(Br)cn2)CC(O)C1. The molecule has 1 aliphatic carbocycles. The van der Waals surface area contributed by atoms with E-state index in [1.165, 1.54) is 0 Å². The second-order valence-corrected chi connectivity index (χ2v) is 4.42. The van der Waals surface area contributed by atoms with Gasteiger partial charge in [-0.25, -0.2) is 9.97 Å². The van der Waals surface area contributed by atoms with Crippen molar-refractivity contribution in [3.05, 3.63) is 33.1 Å². The molecular weight excluding hydrogens is 262 g/mol. The van der Waals surface area contributed by atoms with Crippen LogP contribution in [0.2, 0.25) is 0 Å². The smallest absolute Gasteiger partial charge is 0.140 e. The standard InChI is InChI=1S/C8H8BrN5O/c9-5-3-11-7(12-4-5)8(13-14-10)1-6(15)2-8/h3-4,6,15H,1-2H2. The zero-order chi connectivity index (χ0) is 10.9. The fourth-order valence-corrected chi connectivity index (χ4v) is 1.87. The number of rotatable bonds is 2. The van der Waals surface area contributed by atoms with Gasteiger partial charge in [-0.1, -0.05) is 5.11 Å². The summed E-state index contributed by atoms with van der Waals surface area (Å²) in [7, 11) is 0. The summed E-state index contributed by atoms with van der Waals surface area (Å²) in [6.45, 7) is 0. The molecule has 1 aromatic rings. The fraction of sp³-hybridized carbons (Fsp3) is 0.500. The number of aromatic nitrogens is 2. The Balaban J connectivity index is 2.34. The van der Waals surface area contributed by atoms with Crippen LogP contribution in [0.25, 0.3) is 10.4 Å². The predicted molar refractivity (Wildman–Crippen MR) is 55.8 cm³/mol. The third-order valence-electron chi connectivity index (χ3n) is 2.42. The van der Waals surface area contributed by atoms with E-state index in [4.69, 9.17) is 5.53 Å². The fourth-order valence-electron chi connectivity index (χ4n) is 1.67. The molecule has 1 fully saturated rings. The van der Waals surface area contributed by atoms with E-state index in [2.05, 4.69) is 35.9 Å². The number of aliphatic hydroxyl groups excluding tert-OH is 1. The molecule has 1 heterocycles. The molecule has 6 nitrogen and oxygen atoms in total. The number of hydrogen-bond donors (Lipinski definition) is 1. The monoisotopic (exact) mass is 269 g/mol. The predicted octanol–water partition coefficient (Wildman–Crippen LogP) is 1.90. The zero-order valence-electron chi connectivity index (χ0n) is 7.71. The lowest BCUT2D eigenvalue weighted by atomic mass is 9.74. The highest BCUT2D eigenvalue weighted by Crippen LogP contribution is 2.43. The van der Waals surface area contributed by atoms with Crippen molar-refractivity contribution in [2.45, 2.75) is 24.5 Å². The molecule has 1 saturated carbocycles. The summed E-state index contributed by atoms with van der Waals surface area (Å²) in [6, 6.07) is 0. The number of azide groups is 1. The van der Waals surface area contributed by atoms with Gasteiger partial charge in [0.1, 0.15) is 11.4 Å². The van der Waals surface area contributed by atoms with Crippen LogP contribution in [-0.4, -0.2) is 21.2 Å². The minimum atomic E-state index is -0.755. The summed E-state index contributed by atoms with van der Waals surface area (Å²) in [4.78, 5) is 11.0. The highest BCUT2D eigenvalue weighted by atomic mass is 79.9. The van der Waals surface area contributed by atoms with Crippen LogP contribution in [-0.2, 0) is 5.54 Å². The Morgan fingerprint density at radius 3 is 2.60 bits per heavy atom. The number of hydrogen-bond acceptors (Lipinski definition) is 4. The molecule has 1 aliphatic rings. The van der Waals surface area contributed by atoms with Crippen LogP contribution in [0.3, 0.4) is 0 Å². The maximum absolute atomic E-state index is 9.28. The third kappa shape index (κ3) is 1.81. The lowest BCUT2D eigenvalue weighted by molar-refractivity contribution is 0.0167. The molecule has 1 aromatic heterocycles. The molecule has 15 heavy (non-hydrogen) atoms. The van der Waals surface area contributed by atoms with Crippen molar-refractivity contribution in [3.8, 4) is 0 Å². The molecule has 1 N–H and O–H groups in total. The van der Waals surface area contributed by atoms with Crippen LogP contribution in [0.15, 0.2) is 22.0 Å². The van der Waals surface area contributed by atoms with Crippen LogP contribution < -0.4 is 0 Å². The average Bonchev–Trinajstić information content (AvgIpc) is 2.16. The van der Waals surface area contributed by atoms with E-state index >= 15 is 0 Å². The molecule has 0 atom stereocenters. The molecule has 0 aliphatic heterocycles. The number of nitrogens with zero attached hydrogens (tertiary/aromatic N) is 5. The van der Waals surface area contributed by atoms with Crippen molar-refractivity contribution in [1.29, 1.82) is 0 Å². The van der Waals surface area contributed by atoms with Gasteiger partial charge in [-0.3, -0.25) is 0 Å². The Hall–Kier alpha value is -1.17. The van der Waals surface area contributed by atoms with Crippen molar-refractivity contribution in [2.75, 3.05) is 0 Å². The van der Waals surface area contributed by atoms with Gasteiger partial charge in [-0.2, -0.15) is 0 Å². The van der Waals surface area contributed by atoms with Gasteiger partial charge in [-0.15, -0.1) is 0 Å². The van der Waals surface area contributed by atoms with Gasteiger partial charge in [0.15, 0.2) is 0 Å². The maximum Gasteiger partial charge on any atom is 0.140 e. The first-order valence-electron chi connectivity index (χ1n) is 4.39. The molecule has 0 saturated heterocycles. The molecule has 0 unspecified atom stereocenters. The van der Waals surface area contributed by atoms with Crippen molar-refractivity contribution in [2.24, 2.45) is 5.11 Å².